The quantitative estimate of drug-likeness (QED) is 0.270. The summed E-state index contributed by atoms with van der Waals surface area (Å²) in [6.07, 6.45) is -0.264. The van der Waals surface area contributed by atoms with E-state index in [1.54, 1.807) is 0 Å². The Balaban J connectivity index is 1.45. The third-order valence-electron chi connectivity index (χ3n) is 7.50. The molecule has 7 aromatic rings. The van der Waals surface area contributed by atoms with E-state index in [9.17, 15) is 5.26 Å². The summed E-state index contributed by atoms with van der Waals surface area (Å²) in [7, 11) is 0. The second-order valence-corrected chi connectivity index (χ2v) is 9.62. The van der Waals surface area contributed by atoms with Gasteiger partial charge in [0.2, 0.25) is 5.88 Å². The molecule has 2 aromatic heterocycles. The fourth-order valence-electron chi connectivity index (χ4n) is 5.74. The van der Waals surface area contributed by atoms with Gasteiger partial charge in [0.15, 0.2) is 0 Å². The van der Waals surface area contributed by atoms with Crippen LogP contribution in [0.3, 0.4) is 0 Å². The molecule has 1 N–H and O–H groups in total. The van der Waals surface area contributed by atoms with Crippen LogP contribution in [0.25, 0.3) is 43.5 Å². The molecule has 178 valence electrons. The van der Waals surface area contributed by atoms with E-state index < -0.39 is 0 Å². The third kappa shape index (κ3) is 2.95. The molecule has 8 rings (SSSR count). The van der Waals surface area contributed by atoms with Gasteiger partial charge >= 0.3 is 0 Å². The average Bonchev–Trinajstić information content (AvgIpc) is 3.51. The molecule has 1 aliphatic rings. The molecule has 1 atom stereocenters. The van der Waals surface area contributed by atoms with Gasteiger partial charge in [-0.3, -0.25) is 0 Å². The Morgan fingerprint density at radius 1 is 0.737 bits per heavy atom. The van der Waals surface area contributed by atoms with Crippen LogP contribution in [0.1, 0.15) is 22.9 Å². The second-order valence-electron chi connectivity index (χ2n) is 9.62. The molecule has 0 radical (unpaired) electrons. The van der Waals surface area contributed by atoms with Gasteiger partial charge in [-0.15, -0.1) is 0 Å². The Labute approximate surface area is 217 Å². The smallest absolute Gasteiger partial charge is 0.229 e. The van der Waals surface area contributed by atoms with Crippen molar-refractivity contribution >= 4 is 55.3 Å². The van der Waals surface area contributed by atoms with Crippen molar-refractivity contribution in [1.82, 2.24) is 9.88 Å². The lowest BCUT2D eigenvalue weighted by atomic mass is 10.0. The van der Waals surface area contributed by atoms with Gasteiger partial charge in [-0.2, -0.15) is 10.3 Å². The maximum atomic E-state index is 9.28. The van der Waals surface area contributed by atoms with Gasteiger partial charge in [0.05, 0.1) is 28.2 Å². The standard InChI is InChI=1S/C33H20N4O/c34-19-20-13-15-21(16-14-20)31-35-32(30-25-10-4-6-12-29(25)38-33(30)36-31)37-27-11-5-3-9-24(27)26-17-22-7-1-2-8-23(22)18-28(26)37/h1-18,32H,(H,35,36). The zero-order valence-corrected chi connectivity index (χ0v) is 20.2. The number of aliphatic imine (C=N–C) groups is 1. The number of nitrogens with zero attached hydrogens (tertiary/aromatic N) is 3. The van der Waals surface area contributed by atoms with Gasteiger partial charge < -0.3 is 14.3 Å². The minimum Gasteiger partial charge on any atom is -0.438 e. The number of para-hydroxylation sites is 2. The first-order chi connectivity index (χ1) is 18.8. The maximum absolute atomic E-state index is 9.28. The summed E-state index contributed by atoms with van der Waals surface area (Å²) in [4.78, 5) is 4.92. The molecule has 0 amide bonds. The summed E-state index contributed by atoms with van der Waals surface area (Å²) in [5, 5.41) is 18.9. The van der Waals surface area contributed by atoms with Crippen LogP contribution in [0, 0.1) is 11.3 Å². The Kier molecular flexibility index (Phi) is 4.29. The van der Waals surface area contributed by atoms with E-state index in [1.807, 2.05) is 42.5 Å². The number of nitrogens with one attached hydrogen (secondary N) is 1. The fraction of sp³-hybridized carbons (Fsp3) is 0.0303. The lowest BCUT2D eigenvalue weighted by molar-refractivity contribution is 0.549. The average molecular weight is 489 g/mol. The molecule has 0 spiro atoms. The fourth-order valence-corrected chi connectivity index (χ4v) is 5.74. The summed E-state index contributed by atoms with van der Waals surface area (Å²) in [5.74, 6) is 1.30. The Morgan fingerprint density at radius 3 is 2.26 bits per heavy atom. The molecule has 5 nitrogen and oxygen atoms in total. The number of amidine groups is 1. The number of furan rings is 1. The Morgan fingerprint density at radius 2 is 1.45 bits per heavy atom. The van der Waals surface area contributed by atoms with Crippen molar-refractivity contribution < 1.29 is 4.42 Å². The summed E-state index contributed by atoms with van der Waals surface area (Å²) < 4.78 is 8.69. The topological polar surface area (TPSA) is 66.2 Å². The normalized spacial score (nSPS) is 14.9. The first kappa shape index (κ1) is 20.8. The number of nitriles is 1. The minimum absolute atomic E-state index is 0.264. The van der Waals surface area contributed by atoms with Crippen LogP contribution in [-0.2, 0) is 0 Å². The number of hydrogen-bond donors (Lipinski definition) is 1. The molecule has 1 aliphatic heterocycles. The molecule has 0 aliphatic carbocycles. The van der Waals surface area contributed by atoms with Crippen LogP contribution in [0.15, 0.2) is 119 Å². The van der Waals surface area contributed by atoms with Gasteiger partial charge in [0.25, 0.3) is 0 Å². The van der Waals surface area contributed by atoms with Gasteiger partial charge in [-0.25, -0.2) is 0 Å². The van der Waals surface area contributed by atoms with Crippen LogP contribution < -0.4 is 5.32 Å². The van der Waals surface area contributed by atoms with Crippen LogP contribution in [-0.4, -0.2) is 10.4 Å². The monoisotopic (exact) mass is 488 g/mol. The Bertz CT molecular complexity index is 2120. The maximum Gasteiger partial charge on any atom is 0.229 e. The van der Waals surface area contributed by atoms with Crippen molar-refractivity contribution in [2.45, 2.75) is 6.17 Å². The summed E-state index contributed by atoms with van der Waals surface area (Å²) in [5.41, 5.74) is 5.59. The minimum atomic E-state index is -0.264. The molecular weight excluding hydrogens is 468 g/mol. The van der Waals surface area contributed by atoms with Crippen molar-refractivity contribution in [3.63, 3.8) is 0 Å². The van der Waals surface area contributed by atoms with Gasteiger partial charge in [-0.1, -0.05) is 60.7 Å². The van der Waals surface area contributed by atoms with Crippen molar-refractivity contribution in [3.05, 3.63) is 126 Å². The van der Waals surface area contributed by atoms with Crippen LogP contribution >= 0.6 is 0 Å². The first-order valence-corrected chi connectivity index (χ1v) is 12.6. The van der Waals surface area contributed by atoms with Crippen LogP contribution in [0.4, 0.5) is 5.88 Å². The lowest BCUT2D eigenvalue weighted by Gasteiger charge is -2.27. The first-order valence-electron chi connectivity index (χ1n) is 12.6. The van der Waals surface area contributed by atoms with E-state index in [1.165, 1.54) is 21.5 Å². The molecule has 0 bridgehead atoms. The van der Waals surface area contributed by atoms with Crippen LogP contribution in [0.2, 0.25) is 0 Å². The summed E-state index contributed by atoms with van der Waals surface area (Å²) in [6, 6.07) is 39.4. The van der Waals surface area contributed by atoms with Crippen molar-refractivity contribution in [2.75, 3.05) is 0 Å². The number of rotatable bonds is 2. The molecule has 0 saturated heterocycles. The molecule has 1 unspecified atom stereocenters. The molecular formula is C33H20N4O. The molecule has 38 heavy (non-hydrogen) atoms. The number of hydrogen-bond acceptors (Lipinski definition) is 4. The van der Waals surface area contributed by atoms with Crippen molar-refractivity contribution in [1.29, 1.82) is 5.26 Å². The highest BCUT2D eigenvalue weighted by Gasteiger charge is 2.32. The van der Waals surface area contributed by atoms with E-state index in [2.05, 4.69) is 82.7 Å². The highest BCUT2D eigenvalue weighted by molar-refractivity contribution is 6.13. The largest absolute Gasteiger partial charge is 0.438 e. The zero-order valence-electron chi connectivity index (χ0n) is 20.2. The number of fused-ring (bicyclic) bond motifs is 7. The highest BCUT2D eigenvalue weighted by atomic mass is 16.3. The Hall–Kier alpha value is -5.34. The van der Waals surface area contributed by atoms with E-state index in [4.69, 9.17) is 9.41 Å². The third-order valence-corrected chi connectivity index (χ3v) is 7.50. The summed E-state index contributed by atoms with van der Waals surface area (Å²) in [6.45, 7) is 0. The van der Waals surface area contributed by atoms with Crippen LogP contribution in [0.5, 0.6) is 0 Å². The van der Waals surface area contributed by atoms with E-state index in [0.29, 0.717) is 17.3 Å². The van der Waals surface area contributed by atoms with Crippen molar-refractivity contribution in [2.24, 2.45) is 4.99 Å². The molecule has 3 heterocycles. The SMILES string of the molecule is N#Cc1ccc(C2=Nc3oc4ccccc4c3C(n3c4ccccc4c4cc5ccccc5cc43)N2)cc1. The van der Waals surface area contributed by atoms with E-state index in [0.717, 1.165) is 33.1 Å². The molecule has 0 saturated carbocycles. The number of aromatic nitrogens is 1. The lowest BCUT2D eigenvalue weighted by Crippen LogP contribution is -2.36. The van der Waals surface area contributed by atoms with Gasteiger partial charge in [0, 0.05) is 21.7 Å². The van der Waals surface area contributed by atoms with Gasteiger partial charge in [-0.05, 0) is 59.3 Å². The van der Waals surface area contributed by atoms with Crippen molar-refractivity contribution in [3.8, 4) is 6.07 Å². The summed E-state index contributed by atoms with van der Waals surface area (Å²) >= 11 is 0. The molecule has 0 fully saturated rings. The predicted molar refractivity (Wildman–Crippen MR) is 152 cm³/mol. The number of benzene rings is 5. The van der Waals surface area contributed by atoms with Gasteiger partial charge in [0.1, 0.15) is 17.6 Å². The second kappa shape index (κ2) is 7.83. The predicted octanol–water partition coefficient (Wildman–Crippen LogP) is 7.79. The molecule has 5 aromatic carbocycles. The van der Waals surface area contributed by atoms with E-state index >= 15 is 0 Å². The zero-order chi connectivity index (χ0) is 25.2. The highest BCUT2D eigenvalue weighted by Crippen LogP contribution is 2.43. The molecule has 5 heteroatoms. The van der Waals surface area contributed by atoms with E-state index in [-0.39, 0.29) is 6.17 Å².